The molecular weight excluding hydrogens is 286 g/mol. The molecule has 0 unspecified atom stereocenters. The van der Waals surface area contributed by atoms with Crippen molar-refractivity contribution in [3.63, 3.8) is 0 Å². The number of carbonyl (C=O) groups is 1. The zero-order chi connectivity index (χ0) is 15.8. The van der Waals surface area contributed by atoms with Gasteiger partial charge in [-0.1, -0.05) is 12.1 Å². The van der Waals surface area contributed by atoms with Gasteiger partial charge in [-0.25, -0.2) is 0 Å². The Labute approximate surface area is 133 Å². The van der Waals surface area contributed by atoms with Gasteiger partial charge in [-0.2, -0.15) is 0 Å². The molecule has 0 saturated carbocycles. The summed E-state index contributed by atoms with van der Waals surface area (Å²) in [6, 6.07) is 16.0. The van der Waals surface area contributed by atoms with Crippen molar-refractivity contribution in [2.24, 2.45) is 0 Å². The Morgan fingerprint density at radius 2 is 1.91 bits per heavy atom. The summed E-state index contributed by atoms with van der Waals surface area (Å²) in [5.41, 5.74) is 5.07. The average molecular weight is 303 g/mol. The Bertz CT molecular complexity index is 1010. The molecule has 2 aromatic heterocycles. The molecule has 4 nitrogen and oxygen atoms in total. The normalized spacial score (nSPS) is 11.2. The molecule has 0 aliphatic carbocycles. The second-order valence-electron chi connectivity index (χ2n) is 5.88. The third-order valence-electron chi connectivity index (χ3n) is 4.02. The third kappa shape index (κ3) is 2.71. The number of H-pyrrole nitrogens is 2. The van der Waals surface area contributed by atoms with Gasteiger partial charge in [0.05, 0.1) is 6.42 Å². The molecule has 0 radical (unpaired) electrons. The van der Waals surface area contributed by atoms with Gasteiger partial charge in [-0.05, 0) is 54.3 Å². The summed E-state index contributed by atoms with van der Waals surface area (Å²) >= 11 is 0. The zero-order valence-corrected chi connectivity index (χ0v) is 12.8. The summed E-state index contributed by atoms with van der Waals surface area (Å²) < 4.78 is 0. The van der Waals surface area contributed by atoms with Gasteiger partial charge in [0.2, 0.25) is 5.91 Å². The maximum atomic E-state index is 12.3. The van der Waals surface area contributed by atoms with Gasteiger partial charge in [0.15, 0.2) is 0 Å². The van der Waals surface area contributed by atoms with Crippen LogP contribution in [0.2, 0.25) is 0 Å². The van der Waals surface area contributed by atoms with Crippen LogP contribution in [0.1, 0.15) is 11.3 Å². The summed E-state index contributed by atoms with van der Waals surface area (Å²) in [5.74, 6) is -0.0116. The number of hydrogen-bond donors (Lipinski definition) is 3. The molecule has 0 saturated heterocycles. The van der Waals surface area contributed by atoms with Crippen molar-refractivity contribution in [3.05, 3.63) is 66.0 Å². The first-order valence-corrected chi connectivity index (χ1v) is 7.63. The molecule has 4 aromatic rings. The zero-order valence-electron chi connectivity index (χ0n) is 12.8. The monoisotopic (exact) mass is 303 g/mol. The van der Waals surface area contributed by atoms with Crippen LogP contribution in [0.3, 0.4) is 0 Å². The Balaban J connectivity index is 1.51. The molecule has 0 fully saturated rings. The van der Waals surface area contributed by atoms with Crippen LogP contribution in [-0.4, -0.2) is 15.9 Å². The summed E-state index contributed by atoms with van der Waals surface area (Å²) in [4.78, 5) is 18.7. The average Bonchev–Trinajstić information content (AvgIpc) is 3.11. The first-order chi connectivity index (χ1) is 11.2. The van der Waals surface area contributed by atoms with Gasteiger partial charge in [0, 0.05) is 34.0 Å². The minimum Gasteiger partial charge on any atom is -0.361 e. The van der Waals surface area contributed by atoms with E-state index in [1.807, 2.05) is 55.6 Å². The number of benzene rings is 2. The molecule has 0 aliphatic rings. The minimum atomic E-state index is -0.0116. The van der Waals surface area contributed by atoms with Crippen molar-refractivity contribution in [1.82, 2.24) is 9.97 Å². The van der Waals surface area contributed by atoms with Crippen LogP contribution >= 0.6 is 0 Å². The number of carbonyl (C=O) groups excluding carboxylic acids is 1. The number of hydrogen-bond acceptors (Lipinski definition) is 1. The molecule has 23 heavy (non-hydrogen) atoms. The number of nitrogens with one attached hydrogen (secondary N) is 3. The Morgan fingerprint density at radius 3 is 2.83 bits per heavy atom. The van der Waals surface area contributed by atoms with Gasteiger partial charge in [-0.3, -0.25) is 4.79 Å². The largest absolute Gasteiger partial charge is 0.361 e. The van der Waals surface area contributed by atoms with E-state index in [4.69, 9.17) is 0 Å². The van der Waals surface area contributed by atoms with Crippen molar-refractivity contribution < 1.29 is 4.79 Å². The van der Waals surface area contributed by atoms with Crippen molar-refractivity contribution in [3.8, 4) is 0 Å². The standard InChI is InChI=1S/C19H17N3O/c1-12-8-15-11-16(4-5-17(15)21-12)22-19(23)10-13-2-3-14-6-7-20-18(14)9-13/h2-9,11,20-21H,10H2,1H3,(H,22,23). The Hall–Kier alpha value is -3.01. The first kappa shape index (κ1) is 13.6. The lowest BCUT2D eigenvalue weighted by Gasteiger charge is -2.06. The highest BCUT2D eigenvalue weighted by molar-refractivity contribution is 5.95. The van der Waals surface area contributed by atoms with Crippen molar-refractivity contribution >= 4 is 33.4 Å². The molecule has 0 aliphatic heterocycles. The Morgan fingerprint density at radius 1 is 1.00 bits per heavy atom. The molecule has 0 atom stereocenters. The van der Waals surface area contributed by atoms with Gasteiger partial charge >= 0.3 is 0 Å². The number of rotatable bonds is 3. The number of anilines is 1. The van der Waals surface area contributed by atoms with E-state index in [1.165, 1.54) is 0 Å². The first-order valence-electron chi connectivity index (χ1n) is 7.63. The van der Waals surface area contributed by atoms with Crippen LogP contribution in [0.15, 0.2) is 54.7 Å². The van der Waals surface area contributed by atoms with Gasteiger partial charge in [-0.15, -0.1) is 0 Å². The van der Waals surface area contributed by atoms with E-state index in [1.54, 1.807) is 0 Å². The quantitative estimate of drug-likeness (QED) is 0.523. The maximum absolute atomic E-state index is 12.3. The second kappa shape index (κ2) is 5.32. The molecule has 0 spiro atoms. The predicted octanol–water partition coefficient (Wildman–Crippen LogP) is 4.14. The number of amides is 1. The lowest BCUT2D eigenvalue weighted by atomic mass is 10.1. The molecule has 4 heteroatoms. The van der Waals surface area contributed by atoms with E-state index in [0.29, 0.717) is 6.42 Å². The highest BCUT2D eigenvalue weighted by atomic mass is 16.1. The number of aryl methyl sites for hydroxylation is 1. The van der Waals surface area contributed by atoms with Gasteiger partial charge in [0.1, 0.15) is 0 Å². The SMILES string of the molecule is Cc1cc2cc(NC(=O)Cc3ccc4cc[nH]c4c3)ccc2[nH]1. The summed E-state index contributed by atoms with van der Waals surface area (Å²) in [7, 11) is 0. The highest BCUT2D eigenvalue weighted by Crippen LogP contribution is 2.20. The Kier molecular flexibility index (Phi) is 3.15. The van der Waals surface area contributed by atoms with Crippen LogP contribution < -0.4 is 5.32 Å². The fourth-order valence-electron chi connectivity index (χ4n) is 2.95. The van der Waals surface area contributed by atoms with Crippen molar-refractivity contribution in [1.29, 1.82) is 0 Å². The number of fused-ring (bicyclic) bond motifs is 2. The van der Waals surface area contributed by atoms with Crippen LogP contribution in [-0.2, 0) is 11.2 Å². The molecular formula is C19H17N3O. The second-order valence-corrected chi connectivity index (χ2v) is 5.88. The molecule has 3 N–H and O–H groups in total. The van der Waals surface area contributed by atoms with E-state index in [9.17, 15) is 4.79 Å². The fraction of sp³-hybridized carbons (Fsp3) is 0.105. The topological polar surface area (TPSA) is 60.7 Å². The van der Waals surface area contributed by atoms with E-state index < -0.39 is 0 Å². The van der Waals surface area contributed by atoms with Crippen LogP contribution in [0, 0.1) is 6.92 Å². The number of aromatic nitrogens is 2. The molecule has 1 amide bonds. The summed E-state index contributed by atoms with van der Waals surface area (Å²) in [6.07, 6.45) is 2.27. The smallest absolute Gasteiger partial charge is 0.228 e. The lowest BCUT2D eigenvalue weighted by molar-refractivity contribution is -0.115. The molecule has 114 valence electrons. The van der Waals surface area contributed by atoms with Crippen LogP contribution in [0.25, 0.3) is 21.8 Å². The maximum Gasteiger partial charge on any atom is 0.228 e. The lowest BCUT2D eigenvalue weighted by Crippen LogP contribution is -2.14. The molecule has 4 rings (SSSR count). The summed E-state index contributed by atoms with van der Waals surface area (Å²) in [5, 5.41) is 5.23. The van der Waals surface area contributed by atoms with Crippen molar-refractivity contribution in [2.75, 3.05) is 5.32 Å². The van der Waals surface area contributed by atoms with E-state index in [2.05, 4.69) is 21.4 Å². The van der Waals surface area contributed by atoms with Crippen molar-refractivity contribution in [2.45, 2.75) is 13.3 Å². The molecule has 0 bridgehead atoms. The third-order valence-corrected chi connectivity index (χ3v) is 4.02. The van der Waals surface area contributed by atoms with E-state index in [-0.39, 0.29) is 5.91 Å². The van der Waals surface area contributed by atoms with Gasteiger partial charge < -0.3 is 15.3 Å². The molecule has 2 aromatic carbocycles. The van der Waals surface area contributed by atoms with E-state index >= 15 is 0 Å². The fourth-order valence-corrected chi connectivity index (χ4v) is 2.95. The minimum absolute atomic E-state index is 0.0116. The highest BCUT2D eigenvalue weighted by Gasteiger charge is 2.07. The predicted molar refractivity (Wildman–Crippen MR) is 93.7 cm³/mol. The van der Waals surface area contributed by atoms with Crippen LogP contribution in [0.5, 0.6) is 0 Å². The van der Waals surface area contributed by atoms with Gasteiger partial charge in [0.25, 0.3) is 0 Å². The summed E-state index contributed by atoms with van der Waals surface area (Å²) in [6.45, 7) is 2.02. The number of aromatic amines is 2. The molecule has 2 heterocycles. The van der Waals surface area contributed by atoms with Crippen LogP contribution in [0.4, 0.5) is 5.69 Å². The van der Waals surface area contributed by atoms with E-state index in [0.717, 1.165) is 38.8 Å².